The van der Waals surface area contributed by atoms with Crippen molar-refractivity contribution in [3.05, 3.63) is 60.7 Å². The first-order chi connectivity index (χ1) is 13.2. The summed E-state index contributed by atoms with van der Waals surface area (Å²) >= 11 is 7.71. The molecule has 1 heterocycles. The number of thiazole rings is 1. The first kappa shape index (κ1) is 19.5. The van der Waals surface area contributed by atoms with Gasteiger partial charge in [0.2, 0.25) is 10.3 Å². The second-order valence-corrected chi connectivity index (χ2v) is 8.03. The van der Waals surface area contributed by atoms with Gasteiger partial charge in [0, 0.05) is 5.56 Å². The first-order valence-electron chi connectivity index (χ1n) is 8.38. The normalized spacial score (nSPS) is 10.4. The number of ether oxygens (including phenoxy) is 1. The van der Waals surface area contributed by atoms with Gasteiger partial charge in [-0.2, -0.15) is 0 Å². The lowest BCUT2D eigenvalue weighted by Gasteiger charge is -2.03. The number of rotatable bonds is 6. The number of nitrogens with one attached hydrogen (secondary N) is 1. The van der Waals surface area contributed by atoms with Crippen LogP contribution in [0.25, 0.3) is 21.7 Å². The Morgan fingerprint density at radius 3 is 2.37 bits per heavy atom. The van der Waals surface area contributed by atoms with Crippen molar-refractivity contribution in [1.29, 1.82) is 0 Å². The fraction of sp³-hybridized carbons (Fsp3) is 0.150. The molecule has 0 aliphatic heterocycles. The average molecular weight is 415 g/mol. The van der Waals surface area contributed by atoms with Gasteiger partial charge in [-0.1, -0.05) is 83.8 Å². The molecule has 3 aromatic rings. The number of aromatic nitrogens is 1. The largest absolute Gasteiger partial charge is 0.479 e. The van der Waals surface area contributed by atoms with Gasteiger partial charge in [-0.05, 0) is 24.7 Å². The Morgan fingerprint density at radius 2 is 1.74 bits per heavy atom. The Bertz CT molecular complexity index is 854. The van der Waals surface area contributed by atoms with E-state index >= 15 is 0 Å². The highest BCUT2D eigenvalue weighted by Gasteiger charge is 2.16. The van der Waals surface area contributed by atoms with Crippen molar-refractivity contribution in [3.63, 3.8) is 0 Å². The van der Waals surface area contributed by atoms with Gasteiger partial charge in [0.1, 0.15) is 0 Å². The van der Waals surface area contributed by atoms with Gasteiger partial charge in [0.05, 0.1) is 22.9 Å². The third-order valence-electron chi connectivity index (χ3n) is 3.54. The predicted octanol–water partition coefficient (Wildman–Crippen LogP) is 5.47. The number of anilines is 1. The van der Waals surface area contributed by atoms with E-state index in [9.17, 15) is 4.79 Å². The smallest absolute Gasteiger partial charge is 0.236 e. The van der Waals surface area contributed by atoms with Crippen LogP contribution in [-0.2, 0) is 9.53 Å². The molecule has 0 unspecified atom stereocenters. The highest BCUT2D eigenvalue weighted by molar-refractivity contribution is 8.23. The van der Waals surface area contributed by atoms with Crippen molar-refractivity contribution >= 4 is 50.7 Å². The Labute approximate surface area is 172 Å². The second-order valence-electron chi connectivity index (χ2n) is 5.45. The van der Waals surface area contributed by atoms with Crippen molar-refractivity contribution < 1.29 is 9.53 Å². The zero-order valence-corrected chi connectivity index (χ0v) is 17.1. The fourth-order valence-electron chi connectivity index (χ4n) is 2.39. The molecular weight excluding hydrogens is 396 g/mol. The van der Waals surface area contributed by atoms with E-state index in [1.165, 1.54) is 23.1 Å². The molecule has 0 saturated heterocycles. The summed E-state index contributed by atoms with van der Waals surface area (Å²) in [5, 5.41) is 3.44. The van der Waals surface area contributed by atoms with Crippen LogP contribution in [-0.4, -0.2) is 27.6 Å². The van der Waals surface area contributed by atoms with Gasteiger partial charge >= 0.3 is 0 Å². The highest BCUT2D eigenvalue weighted by Crippen LogP contribution is 2.38. The van der Waals surface area contributed by atoms with Crippen LogP contribution in [0.1, 0.15) is 6.92 Å². The quantitative estimate of drug-likeness (QED) is 0.542. The lowest BCUT2D eigenvalue weighted by molar-refractivity contribution is -0.113. The standard InChI is InChI=1S/C20H18N2O2S3/c1-2-24-20(25)26-13-16(23)21-19-22-17(14-9-5-3-6-10-14)18(27-19)15-11-7-4-8-12-15/h3-12H,2,13H2,1H3,(H,21,22,23). The number of hydrogen-bond acceptors (Lipinski definition) is 6. The molecule has 4 nitrogen and oxygen atoms in total. The minimum absolute atomic E-state index is 0.157. The molecular formula is C20H18N2O2S3. The van der Waals surface area contributed by atoms with Gasteiger partial charge in [-0.25, -0.2) is 4.98 Å². The van der Waals surface area contributed by atoms with Gasteiger partial charge in [0.15, 0.2) is 5.13 Å². The summed E-state index contributed by atoms with van der Waals surface area (Å²) in [6.45, 7) is 2.36. The minimum atomic E-state index is -0.157. The lowest BCUT2D eigenvalue weighted by atomic mass is 10.1. The van der Waals surface area contributed by atoms with Crippen LogP contribution >= 0.6 is 35.3 Å². The number of amides is 1. The number of benzene rings is 2. The third-order valence-corrected chi connectivity index (χ3v) is 5.79. The van der Waals surface area contributed by atoms with E-state index < -0.39 is 0 Å². The SMILES string of the molecule is CCOC(=S)SCC(=O)Nc1nc(-c2ccccc2)c(-c2ccccc2)s1. The maximum absolute atomic E-state index is 12.2. The van der Waals surface area contributed by atoms with E-state index in [2.05, 4.69) is 10.3 Å². The molecule has 1 amide bonds. The van der Waals surface area contributed by atoms with Crippen LogP contribution in [0.15, 0.2) is 60.7 Å². The van der Waals surface area contributed by atoms with Crippen molar-refractivity contribution in [2.45, 2.75) is 6.92 Å². The first-order valence-corrected chi connectivity index (χ1v) is 10.6. The van der Waals surface area contributed by atoms with Crippen molar-refractivity contribution in [1.82, 2.24) is 4.98 Å². The maximum atomic E-state index is 12.2. The zero-order chi connectivity index (χ0) is 19.1. The number of thiocarbonyl (C=S) groups is 1. The molecule has 2 aromatic carbocycles. The number of thioether (sulfide) groups is 1. The van der Waals surface area contributed by atoms with E-state index in [0.717, 1.165) is 21.7 Å². The van der Waals surface area contributed by atoms with Crippen LogP contribution in [0.2, 0.25) is 0 Å². The number of carbonyl (C=O) groups excluding carboxylic acids is 1. The van der Waals surface area contributed by atoms with Crippen LogP contribution < -0.4 is 5.32 Å². The van der Waals surface area contributed by atoms with E-state index in [1.54, 1.807) is 0 Å². The van der Waals surface area contributed by atoms with Gasteiger partial charge in [-0.3, -0.25) is 4.79 Å². The summed E-state index contributed by atoms with van der Waals surface area (Å²) < 4.78 is 5.56. The molecule has 138 valence electrons. The van der Waals surface area contributed by atoms with Crippen LogP contribution in [0, 0.1) is 0 Å². The van der Waals surface area contributed by atoms with Crippen molar-refractivity contribution in [3.8, 4) is 21.7 Å². The van der Waals surface area contributed by atoms with E-state index in [-0.39, 0.29) is 11.7 Å². The fourth-order valence-corrected chi connectivity index (χ4v) is 4.22. The molecule has 0 spiro atoms. The summed E-state index contributed by atoms with van der Waals surface area (Å²) in [5.74, 6) is 0.0368. The summed E-state index contributed by atoms with van der Waals surface area (Å²) in [4.78, 5) is 17.9. The molecule has 0 saturated carbocycles. The Morgan fingerprint density at radius 1 is 1.11 bits per heavy atom. The molecule has 3 rings (SSSR count). The molecule has 1 N–H and O–H groups in total. The summed E-state index contributed by atoms with van der Waals surface area (Å²) in [7, 11) is 0. The highest BCUT2D eigenvalue weighted by atomic mass is 32.2. The Balaban J connectivity index is 1.82. The van der Waals surface area contributed by atoms with Crippen LogP contribution in [0.5, 0.6) is 0 Å². The molecule has 0 fully saturated rings. The monoisotopic (exact) mass is 414 g/mol. The molecule has 7 heteroatoms. The number of nitrogens with zero attached hydrogens (tertiary/aromatic N) is 1. The molecule has 0 bridgehead atoms. The van der Waals surface area contributed by atoms with E-state index in [4.69, 9.17) is 17.0 Å². The Kier molecular flexibility index (Phi) is 6.98. The van der Waals surface area contributed by atoms with Gasteiger partial charge in [-0.15, -0.1) is 0 Å². The summed E-state index contributed by atoms with van der Waals surface area (Å²) in [6.07, 6.45) is 0. The maximum Gasteiger partial charge on any atom is 0.236 e. The van der Waals surface area contributed by atoms with Crippen molar-refractivity contribution in [2.75, 3.05) is 17.7 Å². The zero-order valence-electron chi connectivity index (χ0n) is 14.7. The van der Waals surface area contributed by atoms with Gasteiger partial charge in [0.25, 0.3) is 0 Å². The predicted molar refractivity (Wildman–Crippen MR) is 118 cm³/mol. The molecule has 0 aliphatic rings. The summed E-state index contributed by atoms with van der Waals surface area (Å²) in [5.41, 5.74) is 2.95. The molecule has 0 atom stereocenters. The number of hydrogen-bond donors (Lipinski definition) is 1. The molecule has 27 heavy (non-hydrogen) atoms. The topological polar surface area (TPSA) is 51.2 Å². The van der Waals surface area contributed by atoms with Crippen LogP contribution in [0.4, 0.5) is 5.13 Å². The second kappa shape index (κ2) is 9.64. The molecule has 0 aliphatic carbocycles. The minimum Gasteiger partial charge on any atom is -0.479 e. The van der Waals surface area contributed by atoms with E-state index in [1.807, 2.05) is 67.6 Å². The van der Waals surface area contributed by atoms with E-state index in [0.29, 0.717) is 16.1 Å². The summed E-state index contributed by atoms with van der Waals surface area (Å²) in [6, 6.07) is 20.0. The van der Waals surface area contributed by atoms with Crippen LogP contribution in [0.3, 0.4) is 0 Å². The van der Waals surface area contributed by atoms with Crippen molar-refractivity contribution in [2.24, 2.45) is 0 Å². The molecule has 0 radical (unpaired) electrons. The Hall–Kier alpha value is -2.22. The number of carbonyl (C=O) groups is 1. The third kappa shape index (κ3) is 5.38. The average Bonchev–Trinajstić information content (AvgIpc) is 3.12. The van der Waals surface area contributed by atoms with Gasteiger partial charge < -0.3 is 10.1 Å². The lowest BCUT2D eigenvalue weighted by Crippen LogP contribution is -2.15. The molecule has 1 aromatic heterocycles.